The summed E-state index contributed by atoms with van der Waals surface area (Å²) in [5.74, 6) is -0.253. The second-order valence-electron chi connectivity index (χ2n) is 15.6. The molecule has 1 unspecified atom stereocenters. The first kappa shape index (κ1) is 40.2. The monoisotopic (exact) mass is 753 g/mol. The molecule has 0 radical (unpaired) electrons. The number of nitrogens with zero attached hydrogens (tertiary/aromatic N) is 3. The number of halogens is 3. The van der Waals surface area contributed by atoms with Crippen LogP contribution in [0.4, 0.5) is 13.2 Å². The quantitative estimate of drug-likeness (QED) is 0.246. The highest BCUT2D eigenvalue weighted by Gasteiger charge is 2.42. The topological polar surface area (TPSA) is 78.0 Å². The van der Waals surface area contributed by atoms with Crippen molar-refractivity contribution in [2.45, 2.75) is 119 Å². The van der Waals surface area contributed by atoms with Gasteiger partial charge in [0.05, 0.1) is 21.0 Å². The van der Waals surface area contributed by atoms with Crippen molar-refractivity contribution in [2.24, 2.45) is 17.8 Å². The van der Waals surface area contributed by atoms with Crippen LogP contribution < -0.4 is 0 Å². The summed E-state index contributed by atoms with van der Waals surface area (Å²) in [6.45, 7) is 11.8. The predicted octanol–water partition coefficient (Wildman–Crippen LogP) is 7.87. The third-order valence-electron chi connectivity index (χ3n) is 11.7. The van der Waals surface area contributed by atoms with E-state index in [0.29, 0.717) is 42.4 Å². The molecule has 1 saturated carbocycles. The van der Waals surface area contributed by atoms with Gasteiger partial charge in [0, 0.05) is 12.6 Å². The first-order chi connectivity index (χ1) is 24.1. The van der Waals surface area contributed by atoms with Crippen LogP contribution in [0.25, 0.3) is 0 Å². The highest BCUT2D eigenvalue weighted by Crippen LogP contribution is 2.38. The number of aryl methyl sites for hydroxylation is 2. The Balaban J connectivity index is 0.000000199. The SMILES string of the molecule is Cc1cccc(S(=O)(=O)C2CCC[C@@H]2CCN2CCC(C(F)(F)F)CC2)c1.Cc1cccc(S(=O)(=O)N2CCC[C@@H]2CCN2CCC(C)CC2)c1. The molecule has 3 aliphatic heterocycles. The van der Waals surface area contributed by atoms with Gasteiger partial charge >= 0.3 is 6.18 Å². The summed E-state index contributed by atoms with van der Waals surface area (Å²) in [6, 6.07) is 14.5. The molecule has 2 aromatic carbocycles. The molecular weight excluding hydrogens is 696 g/mol. The average Bonchev–Trinajstić information content (AvgIpc) is 3.78. The molecule has 0 bridgehead atoms. The Hall–Kier alpha value is -1.99. The third kappa shape index (κ3) is 10.6. The zero-order chi connectivity index (χ0) is 36.8. The molecule has 0 aromatic heterocycles. The molecule has 3 saturated heterocycles. The Morgan fingerprint density at radius 1 is 0.686 bits per heavy atom. The van der Waals surface area contributed by atoms with Gasteiger partial charge in [-0.15, -0.1) is 0 Å². The summed E-state index contributed by atoms with van der Waals surface area (Å²) >= 11 is 0. The van der Waals surface area contributed by atoms with E-state index in [1.165, 1.54) is 25.9 Å². The van der Waals surface area contributed by atoms with Crippen LogP contribution in [0.5, 0.6) is 0 Å². The smallest absolute Gasteiger partial charge is 0.303 e. The molecule has 3 heterocycles. The number of hydrogen-bond donors (Lipinski definition) is 0. The number of sulfonamides is 1. The fourth-order valence-corrected chi connectivity index (χ4v) is 12.5. The van der Waals surface area contributed by atoms with Crippen LogP contribution in [0.2, 0.25) is 0 Å². The lowest BCUT2D eigenvalue weighted by molar-refractivity contribution is -0.185. The van der Waals surface area contributed by atoms with Crippen molar-refractivity contribution in [3.05, 3.63) is 59.7 Å². The summed E-state index contributed by atoms with van der Waals surface area (Å²) in [5.41, 5.74) is 1.92. The molecule has 286 valence electrons. The van der Waals surface area contributed by atoms with Crippen molar-refractivity contribution in [2.75, 3.05) is 45.8 Å². The molecule has 7 nitrogen and oxygen atoms in total. The maximum atomic E-state index is 13.1. The third-order valence-corrected chi connectivity index (χ3v) is 16.0. The van der Waals surface area contributed by atoms with E-state index in [1.54, 1.807) is 34.6 Å². The number of rotatable bonds is 10. The normalized spacial score (nSPS) is 25.2. The van der Waals surface area contributed by atoms with Crippen molar-refractivity contribution >= 4 is 19.9 Å². The van der Waals surface area contributed by atoms with E-state index in [9.17, 15) is 30.0 Å². The van der Waals surface area contributed by atoms with Gasteiger partial charge in [-0.25, -0.2) is 16.8 Å². The van der Waals surface area contributed by atoms with Gasteiger partial charge in [0.2, 0.25) is 10.0 Å². The van der Waals surface area contributed by atoms with E-state index < -0.39 is 32.0 Å². The summed E-state index contributed by atoms with van der Waals surface area (Å²) in [6.07, 6.45) is 4.89. The van der Waals surface area contributed by atoms with E-state index in [-0.39, 0.29) is 30.1 Å². The summed E-state index contributed by atoms with van der Waals surface area (Å²) < 4.78 is 92.3. The van der Waals surface area contributed by atoms with Crippen molar-refractivity contribution in [3.8, 4) is 0 Å². The molecule has 3 atom stereocenters. The van der Waals surface area contributed by atoms with E-state index in [2.05, 4.69) is 16.7 Å². The number of hydrogen-bond acceptors (Lipinski definition) is 6. The average molecular weight is 754 g/mol. The van der Waals surface area contributed by atoms with Gasteiger partial charge < -0.3 is 9.80 Å². The van der Waals surface area contributed by atoms with Gasteiger partial charge in [-0.1, -0.05) is 37.6 Å². The molecule has 12 heteroatoms. The van der Waals surface area contributed by atoms with Crippen molar-refractivity contribution in [3.63, 3.8) is 0 Å². The standard InChI is InChI=1S/C20H28F3NO2S.C19H30N2O2S/c1-15-4-2-6-18(14-15)27(25,26)19-7-3-5-16(19)8-11-24-12-9-17(10-13-24)20(21,22)23;1-16-8-12-20(13-9-16)14-10-18-6-4-11-21(18)24(22,23)19-7-3-5-17(2)15-19/h2,4,6,14,16-17,19H,3,5,7-13H2,1H3;3,5,7,15-16,18H,4,6,8-14H2,1-2H3/t16-,19?;18-/m11/s1. The van der Waals surface area contributed by atoms with Crippen LogP contribution in [0.15, 0.2) is 58.3 Å². The lowest BCUT2D eigenvalue weighted by atomic mass is 9.95. The Morgan fingerprint density at radius 2 is 1.25 bits per heavy atom. The van der Waals surface area contributed by atoms with E-state index in [4.69, 9.17) is 0 Å². The van der Waals surface area contributed by atoms with Crippen LogP contribution in [0, 0.1) is 31.6 Å². The molecule has 0 N–H and O–H groups in total. The first-order valence-electron chi connectivity index (χ1n) is 19.0. The summed E-state index contributed by atoms with van der Waals surface area (Å²) in [4.78, 5) is 5.42. The highest BCUT2D eigenvalue weighted by atomic mass is 32.2. The molecule has 1 aliphatic carbocycles. The van der Waals surface area contributed by atoms with Crippen LogP contribution in [0.1, 0.15) is 88.7 Å². The molecule has 4 fully saturated rings. The second kappa shape index (κ2) is 17.4. The maximum Gasteiger partial charge on any atom is 0.391 e. The van der Waals surface area contributed by atoms with Crippen LogP contribution in [0.3, 0.4) is 0 Å². The van der Waals surface area contributed by atoms with Gasteiger partial charge in [0.1, 0.15) is 0 Å². The molecule has 6 rings (SSSR count). The zero-order valence-electron chi connectivity index (χ0n) is 30.7. The van der Waals surface area contributed by atoms with Gasteiger partial charge in [-0.3, -0.25) is 0 Å². The Labute approximate surface area is 304 Å². The van der Waals surface area contributed by atoms with Gasteiger partial charge in [0.15, 0.2) is 9.84 Å². The van der Waals surface area contributed by atoms with Crippen molar-refractivity contribution in [1.29, 1.82) is 0 Å². The Kier molecular flexibility index (Phi) is 13.7. The minimum absolute atomic E-state index is 0.0934. The molecule has 2 aromatic rings. The van der Waals surface area contributed by atoms with E-state index in [0.717, 1.165) is 62.1 Å². The minimum atomic E-state index is -4.09. The number of sulfone groups is 1. The lowest BCUT2D eigenvalue weighted by Crippen LogP contribution is -2.40. The fraction of sp³-hybridized carbons (Fsp3) is 0.692. The van der Waals surface area contributed by atoms with Crippen molar-refractivity contribution in [1.82, 2.24) is 14.1 Å². The number of likely N-dealkylation sites (tertiary alicyclic amines) is 2. The summed E-state index contributed by atoms with van der Waals surface area (Å²) in [7, 11) is -6.72. The predicted molar refractivity (Wildman–Crippen MR) is 197 cm³/mol. The molecular formula is C39H58F3N3O4S2. The first-order valence-corrected chi connectivity index (χ1v) is 22.0. The van der Waals surface area contributed by atoms with Gasteiger partial charge in [-0.05, 0) is 165 Å². The number of benzene rings is 2. The zero-order valence-corrected chi connectivity index (χ0v) is 32.3. The summed E-state index contributed by atoms with van der Waals surface area (Å²) in [5, 5.41) is -0.369. The molecule has 0 amide bonds. The van der Waals surface area contributed by atoms with E-state index in [1.807, 2.05) is 32.0 Å². The molecule has 4 aliphatic rings. The van der Waals surface area contributed by atoms with Gasteiger partial charge in [0.25, 0.3) is 0 Å². The fourth-order valence-electron chi connectivity index (χ4n) is 8.48. The largest absolute Gasteiger partial charge is 0.391 e. The van der Waals surface area contributed by atoms with Crippen LogP contribution in [-0.4, -0.2) is 94.2 Å². The van der Waals surface area contributed by atoms with Crippen molar-refractivity contribution < 1.29 is 30.0 Å². The van der Waals surface area contributed by atoms with E-state index >= 15 is 0 Å². The van der Waals surface area contributed by atoms with Gasteiger partial charge in [-0.2, -0.15) is 17.5 Å². The lowest BCUT2D eigenvalue weighted by Gasteiger charge is -2.33. The number of alkyl halides is 3. The second-order valence-corrected chi connectivity index (χ2v) is 19.6. The number of piperidine rings is 2. The maximum absolute atomic E-state index is 13.1. The molecule has 51 heavy (non-hydrogen) atoms. The molecule has 0 spiro atoms. The highest BCUT2D eigenvalue weighted by molar-refractivity contribution is 7.92. The minimum Gasteiger partial charge on any atom is -0.303 e. The van der Waals surface area contributed by atoms with Crippen LogP contribution in [-0.2, 0) is 19.9 Å². The Bertz CT molecular complexity index is 1640. The Morgan fingerprint density at radius 3 is 1.86 bits per heavy atom. The van der Waals surface area contributed by atoms with Crippen LogP contribution >= 0.6 is 0 Å².